The maximum Gasteiger partial charge on any atom is 0.306 e. The van der Waals surface area contributed by atoms with Crippen molar-refractivity contribution in [3.8, 4) is 0 Å². The zero-order chi connectivity index (χ0) is 16.6. The fraction of sp³-hybridized carbons (Fsp3) is 0.933. The molecule has 0 aliphatic carbocycles. The van der Waals surface area contributed by atoms with E-state index in [9.17, 15) is 4.79 Å². The number of carbonyl (C=O) groups excluding carboxylic acids is 1. The van der Waals surface area contributed by atoms with Gasteiger partial charge in [-0.25, -0.2) is 0 Å². The van der Waals surface area contributed by atoms with Crippen LogP contribution in [0.4, 0.5) is 0 Å². The minimum Gasteiger partial charge on any atom is -0.518 e. The van der Waals surface area contributed by atoms with Gasteiger partial charge in [-0.15, -0.1) is 0 Å². The molecule has 0 unspecified atom stereocenters. The van der Waals surface area contributed by atoms with E-state index in [1.54, 1.807) is 0 Å². The Hall–Kier alpha value is -0.136. The standard InChI is InChI=1S/C15H35NO2Si2/c1-14(2,3)19(8,9)16(7)12-13(17)18-20(10,11)15(4,5)6/h12H2,1-11H3. The van der Waals surface area contributed by atoms with Gasteiger partial charge in [0, 0.05) is 0 Å². The molecule has 0 aromatic carbocycles. The largest absolute Gasteiger partial charge is 0.518 e. The van der Waals surface area contributed by atoms with Gasteiger partial charge in [-0.1, -0.05) is 54.6 Å². The third-order valence-electron chi connectivity index (χ3n) is 5.33. The first-order valence-electron chi connectivity index (χ1n) is 7.45. The van der Waals surface area contributed by atoms with Crippen molar-refractivity contribution in [1.29, 1.82) is 0 Å². The number of likely N-dealkylation sites (N-methyl/N-ethyl adjacent to an activating group) is 1. The van der Waals surface area contributed by atoms with E-state index in [4.69, 9.17) is 4.43 Å². The van der Waals surface area contributed by atoms with Crippen LogP contribution in [-0.2, 0) is 9.22 Å². The van der Waals surface area contributed by atoms with Crippen LogP contribution in [0, 0.1) is 0 Å². The molecule has 20 heavy (non-hydrogen) atoms. The number of hydrogen-bond donors (Lipinski definition) is 0. The maximum atomic E-state index is 12.3. The Balaban J connectivity index is 4.81. The molecule has 0 saturated heterocycles. The molecule has 0 radical (unpaired) electrons. The summed E-state index contributed by atoms with van der Waals surface area (Å²) in [5, 5.41) is 0.303. The Bertz CT molecular complexity index is 352. The van der Waals surface area contributed by atoms with Crippen molar-refractivity contribution in [3.63, 3.8) is 0 Å². The third kappa shape index (κ3) is 4.70. The van der Waals surface area contributed by atoms with Crippen LogP contribution in [0.2, 0.25) is 36.3 Å². The minimum atomic E-state index is -2.00. The molecule has 120 valence electrons. The van der Waals surface area contributed by atoms with E-state index in [0.29, 0.717) is 6.54 Å². The van der Waals surface area contributed by atoms with Crippen LogP contribution in [0.5, 0.6) is 0 Å². The number of nitrogens with zero attached hydrogens (tertiary/aromatic N) is 1. The molecule has 0 aliphatic heterocycles. The molecule has 0 aromatic heterocycles. The van der Waals surface area contributed by atoms with Crippen molar-refractivity contribution in [2.24, 2.45) is 0 Å². The minimum absolute atomic E-state index is 0.0658. The van der Waals surface area contributed by atoms with Gasteiger partial charge in [-0.3, -0.25) is 4.79 Å². The summed E-state index contributed by atoms with van der Waals surface area (Å²) in [5.74, 6) is -0.0658. The van der Waals surface area contributed by atoms with Gasteiger partial charge in [-0.05, 0) is 30.2 Å². The van der Waals surface area contributed by atoms with E-state index in [1.807, 2.05) is 0 Å². The monoisotopic (exact) mass is 317 g/mol. The lowest BCUT2D eigenvalue weighted by molar-refractivity contribution is -0.135. The average Bonchev–Trinajstić information content (AvgIpc) is 2.12. The van der Waals surface area contributed by atoms with Crippen LogP contribution < -0.4 is 0 Å². The van der Waals surface area contributed by atoms with Gasteiger partial charge in [0.15, 0.2) is 0 Å². The van der Waals surface area contributed by atoms with E-state index >= 15 is 0 Å². The molecule has 0 amide bonds. The molecular weight excluding hydrogens is 282 g/mol. The number of rotatable bonds is 4. The third-order valence-corrected chi connectivity index (χ3v) is 15.4. The van der Waals surface area contributed by atoms with Crippen molar-refractivity contribution in [2.45, 2.75) is 77.8 Å². The van der Waals surface area contributed by atoms with Gasteiger partial charge >= 0.3 is 5.97 Å². The Morgan fingerprint density at radius 1 is 0.950 bits per heavy atom. The topological polar surface area (TPSA) is 29.5 Å². The molecule has 0 atom stereocenters. The molecule has 0 heterocycles. The highest BCUT2D eigenvalue weighted by molar-refractivity contribution is 6.78. The Labute approximate surface area is 128 Å². The van der Waals surface area contributed by atoms with Crippen LogP contribution >= 0.6 is 0 Å². The van der Waals surface area contributed by atoms with Crippen molar-refractivity contribution >= 4 is 22.5 Å². The van der Waals surface area contributed by atoms with Gasteiger partial charge in [0.25, 0.3) is 8.32 Å². The maximum absolute atomic E-state index is 12.3. The summed E-state index contributed by atoms with van der Waals surface area (Å²) in [4.78, 5) is 12.3. The average molecular weight is 318 g/mol. The molecular formula is C15H35NO2Si2. The van der Waals surface area contributed by atoms with Crippen LogP contribution in [0.25, 0.3) is 0 Å². The fourth-order valence-corrected chi connectivity index (χ4v) is 4.04. The Kier molecular flexibility index (Phi) is 5.89. The molecule has 0 aromatic rings. The van der Waals surface area contributed by atoms with E-state index in [-0.39, 0.29) is 16.0 Å². The second-order valence-electron chi connectivity index (χ2n) is 8.90. The second kappa shape index (κ2) is 5.93. The van der Waals surface area contributed by atoms with Gasteiger partial charge in [0.1, 0.15) is 8.24 Å². The lowest BCUT2D eigenvalue weighted by atomic mass is 10.2. The predicted molar refractivity (Wildman–Crippen MR) is 93.1 cm³/mol. The van der Waals surface area contributed by atoms with Crippen LogP contribution in [0.1, 0.15) is 41.5 Å². The molecule has 0 bridgehead atoms. The normalized spacial score (nSPS) is 14.6. The Morgan fingerprint density at radius 2 is 1.35 bits per heavy atom. The molecule has 5 heteroatoms. The summed E-state index contributed by atoms with van der Waals surface area (Å²) in [7, 11) is -1.59. The highest BCUT2D eigenvalue weighted by Gasteiger charge is 2.43. The molecule has 0 saturated carbocycles. The molecule has 0 N–H and O–H groups in total. The van der Waals surface area contributed by atoms with Crippen molar-refractivity contribution in [1.82, 2.24) is 4.57 Å². The van der Waals surface area contributed by atoms with Crippen molar-refractivity contribution < 1.29 is 9.22 Å². The fourth-order valence-electron chi connectivity index (χ4n) is 1.43. The van der Waals surface area contributed by atoms with Crippen LogP contribution in [0.3, 0.4) is 0 Å². The second-order valence-corrected chi connectivity index (χ2v) is 19.0. The SMILES string of the molecule is CN(CC(=O)O[Si](C)(C)C(C)(C)C)[Si](C)(C)C(C)(C)C. The van der Waals surface area contributed by atoms with Crippen molar-refractivity contribution in [2.75, 3.05) is 13.6 Å². The Morgan fingerprint density at radius 3 is 1.65 bits per heavy atom. The van der Waals surface area contributed by atoms with Gasteiger partial charge in [-0.2, -0.15) is 0 Å². The zero-order valence-electron chi connectivity index (χ0n) is 15.5. The summed E-state index contributed by atoms with van der Waals surface area (Å²) in [6.45, 7) is 22.5. The first-order valence-corrected chi connectivity index (χ1v) is 13.3. The summed E-state index contributed by atoms with van der Waals surface area (Å²) in [6, 6.07) is 0. The first-order chi connectivity index (χ1) is 8.52. The molecule has 3 nitrogen and oxygen atoms in total. The van der Waals surface area contributed by atoms with Crippen molar-refractivity contribution in [3.05, 3.63) is 0 Å². The van der Waals surface area contributed by atoms with Gasteiger partial charge in [0.05, 0.1) is 6.54 Å². The van der Waals surface area contributed by atoms with E-state index in [2.05, 4.69) is 79.3 Å². The lowest BCUT2D eigenvalue weighted by Crippen LogP contribution is -2.55. The van der Waals surface area contributed by atoms with E-state index in [1.165, 1.54) is 0 Å². The number of carbonyl (C=O) groups is 1. The van der Waals surface area contributed by atoms with Gasteiger partial charge in [0.2, 0.25) is 0 Å². The first kappa shape index (κ1) is 19.9. The molecule has 0 rings (SSSR count). The highest BCUT2D eigenvalue weighted by Crippen LogP contribution is 2.38. The molecule has 0 aliphatic rings. The van der Waals surface area contributed by atoms with Crippen LogP contribution in [0.15, 0.2) is 0 Å². The quantitative estimate of drug-likeness (QED) is 0.716. The number of hydrogen-bond acceptors (Lipinski definition) is 3. The summed E-state index contributed by atoms with van der Waals surface area (Å²) >= 11 is 0. The van der Waals surface area contributed by atoms with Gasteiger partial charge < -0.3 is 8.99 Å². The smallest absolute Gasteiger partial charge is 0.306 e. The van der Waals surface area contributed by atoms with E-state index < -0.39 is 16.6 Å². The highest BCUT2D eigenvalue weighted by atomic mass is 28.4. The van der Waals surface area contributed by atoms with Crippen LogP contribution in [-0.4, -0.2) is 40.7 Å². The molecule has 0 fully saturated rings. The molecule has 0 spiro atoms. The lowest BCUT2D eigenvalue weighted by Gasteiger charge is -2.44. The predicted octanol–water partition coefficient (Wildman–Crippen LogP) is 4.47. The summed E-state index contributed by atoms with van der Waals surface area (Å²) < 4.78 is 8.10. The summed E-state index contributed by atoms with van der Waals surface area (Å²) in [6.07, 6.45) is 0. The van der Waals surface area contributed by atoms with E-state index in [0.717, 1.165) is 0 Å². The summed E-state index contributed by atoms with van der Waals surface area (Å²) in [5.41, 5.74) is 0. The zero-order valence-corrected chi connectivity index (χ0v) is 17.5.